The Balaban J connectivity index is 1.85. The highest BCUT2D eigenvalue weighted by Gasteiger charge is 2.21. The Labute approximate surface area is 125 Å². The second kappa shape index (κ2) is 5.45. The van der Waals surface area contributed by atoms with Crippen LogP contribution in [0.1, 0.15) is 22.1 Å². The fourth-order valence-corrected chi connectivity index (χ4v) is 2.76. The van der Waals surface area contributed by atoms with Gasteiger partial charge < -0.3 is 5.32 Å². The molecule has 0 saturated heterocycles. The number of carbonyl (C=O) groups excluding carboxylic acids is 1. The molecular weight excluding hydrogens is 296 g/mol. The van der Waals surface area contributed by atoms with Crippen molar-refractivity contribution in [2.24, 2.45) is 0 Å². The van der Waals surface area contributed by atoms with Crippen molar-refractivity contribution in [3.63, 3.8) is 0 Å². The van der Waals surface area contributed by atoms with Gasteiger partial charge in [-0.2, -0.15) is 0 Å². The largest absolute Gasteiger partial charge is 0.326 e. The highest BCUT2D eigenvalue weighted by atomic mass is 35.5. The van der Waals surface area contributed by atoms with Crippen molar-refractivity contribution in [2.75, 3.05) is 5.32 Å². The molecule has 0 spiro atoms. The van der Waals surface area contributed by atoms with Crippen molar-refractivity contribution in [1.29, 1.82) is 0 Å². The monoisotopic (exact) mass is 307 g/mol. The Hall–Kier alpha value is -1.94. The smallest absolute Gasteiger partial charge is 0.228 e. The molecule has 0 radical (unpaired) electrons. The molecule has 0 fully saturated rings. The van der Waals surface area contributed by atoms with Crippen LogP contribution < -0.4 is 5.32 Å². The van der Waals surface area contributed by atoms with Gasteiger partial charge in [-0.1, -0.05) is 18.2 Å². The normalized spacial score (nSPS) is 14.7. The first-order chi connectivity index (χ1) is 10.0. The van der Waals surface area contributed by atoms with E-state index in [0.29, 0.717) is 6.42 Å². The third-order valence-electron chi connectivity index (χ3n) is 3.56. The lowest BCUT2D eigenvalue weighted by molar-refractivity contribution is -0.115. The molecule has 0 saturated carbocycles. The molecule has 1 aliphatic heterocycles. The van der Waals surface area contributed by atoms with Gasteiger partial charge in [-0.25, -0.2) is 8.78 Å². The van der Waals surface area contributed by atoms with E-state index in [-0.39, 0.29) is 17.9 Å². The maximum absolute atomic E-state index is 13.6. The maximum atomic E-state index is 13.6. The number of carbonyl (C=O) groups is 1. The topological polar surface area (TPSA) is 29.1 Å². The van der Waals surface area contributed by atoms with Crippen LogP contribution >= 0.6 is 11.6 Å². The molecule has 2 nitrogen and oxygen atoms in total. The number of anilines is 1. The Morgan fingerprint density at radius 2 is 1.90 bits per heavy atom. The van der Waals surface area contributed by atoms with Crippen molar-refractivity contribution >= 4 is 23.2 Å². The van der Waals surface area contributed by atoms with Crippen molar-refractivity contribution in [3.8, 4) is 0 Å². The minimum atomic E-state index is -0.598. The molecule has 2 aromatic rings. The number of rotatable bonds is 3. The molecule has 0 bridgehead atoms. The van der Waals surface area contributed by atoms with Crippen molar-refractivity contribution in [2.45, 2.75) is 18.2 Å². The second-order valence-electron chi connectivity index (χ2n) is 5.01. The molecule has 5 heteroatoms. The number of nitrogens with one attached hydrogen (secondary N) is 1. The second-order valence-corrected chi connectivity index (χ2v) is 5.54. The van der Waals surface area contributed by atoms with Crippen LogP contribution in [0.5, 0.6) is 0 Å². The molecule has 1 atom stereocenters. The van der Waals surface area contributed by atoms with Crippen LogP contribution in [0.4, 0.5) is 14.5 Å². The minimum absolute atomic E-state index is 0.0211. The van der Waals surface area contributed by atoms with E-state index in [2.05, 4.69) is 5.32 Å². The summed E-state index contributed by atoms with van der Waals surface area (Å²) in [5.41, 5.74) is 2.35. The van der Waals surface area contributed by atoms with Crippen LogP contribution in [0.25, 0.3) is 0 Å². The van der Waals surface area contributed by atoms with Gasteiger partial charge in [0.2, 0.25) is 5.91 Å². The Bertz CT molecular complexity index is 697. The van der Waals surface area contributed by atoms with Gasteiger partial charge in [0, 0.05) is 11.3 Å². The van der Waals surface area contributed by atoms with Gasteiger partial charge in [-0.15, -0.1) is 11.6 Å². The number of halogens is 3. The average Bonchev–Trinajstić information content (AvgIpc) is 2.81. The van der Waals surface area contributed by atoms with E-state index in [1.165, 1.54) is 18.2 Å². The molecule has 0 aromatic heterocycles. The third-order valence-corrected chi connectivity index (χ3v) is 3.97. The van der Waals surface area contributed by atoms with Gasteiger partial charge in [0.05, 0.1) is 11.8 Å². The van der Waals surface area contributed by atoms with E-state index in [4.69, 9.17) is 11.6 Å². The molecule has 1 amide bonds. The molecule has 1 N–H and O–H groups in total. The van der Waals surface area contributed by atoms with E-state index >= 15 is 0 Å². The van der Waals surface area contributed by atoms with Crippen LogP contribution in [-0.2, 0) is 17.6 Å². The molecule has 1 heterocycles. The molecule has 1 unspecified atom stereocenters. The van der Waals surface area contributed by atoms with Gasteiger partial charge >= 0.3 is 0 Å². The molecule has 108 valence electrons. The van der Waals surface area contributed by atoms with Crippen LogP contribution in [-0.4, -0.2) is 5.91 Å². The van der Waals surface area contributed by atoms with E-state index < -0.39 is 17.0 Å². The fourth-order valence-electron chi connectivity index (χ4n) is 2.47. The number of benzene rings is 2. The van der Waals surface area contributed by atoms with Crippen molar-refractivity contribution in [1.82, 2.24) is 0 Å². The molecular formula is C16H12ClF2NO. The van der Waals surface area contributed by atoms with Crippen LogP contribution in [0, 0.1) is 11.6 Å². The first-order valence-electron chi connectivity index (χ1n) is 6.54. The summed E-state index contributed by atoms with van der Waals surface area (Å²) >= 11 is 6.28. The average molecular weight is 308 g/mol. The summed E-state index contributed by atoms with van der Waals surface area (Å²) in [6, 6.07) is 9.10. The summed E-state index contributed by atoms with van der Waals surface area (Å²) in [6.07, 6.45) is 0.362. The SMILES string of the molecule is O=C1Cc2cc(C(Cl)Cc3c(F)cccc3F)ccc2N1. The van der Waals surface area contributed by atoms with E-state index in [1.807, 2.05) is 6.07 Å². The van der Waals surface area contributed by atoms with Crippen LogP contribution in [0.3, 0.4) is 0 Å². The first-order valence-corrected chi connectivity index (χ1v) is 6.98. The third kappa shape index (κ3) is 2.76. The van der Waals surface area contributed by atoms with Crippen molar-refractivity contribution in [3.05, 3.63) is 64.7 Å². The molecule has 2 aromatic carbocycles. The lowest BCUT2D eigenvalue weighted by atomic mass is 10.0. The molecule has 1 aliphatic rings. The van der Waals surface area contributed by atoms with Gasteiger partial charge in [-0.3, -0.25) is 4.79 Å². The van der Waals surface area contributed by atoms with Gasteiger partial charge in [0.1, 0.15) is 11.6 Å². The predicted molar refractivity (Wildman–Crippen MR) is 77.4 cm³/mol. The highest BCUT2D eigenvalue weighted by Crippen LogP contribution is 2.32. The molecule has 21 heavy (non-hydrogen) atoms. The number of hydrogen-bond acceptors (Lipinski definition) is 1. The van der Waals surface area contributed by atoms with Gasteiger partial charge in [0.15, 0.2) is 0 Å². The quantitative estimate of drug-likeness (QED) is 0.854. The summed E-state index contributed by atoms with van der Waals surface area (Å²) in [5, 5.41) is 2.17. The summed E-state index contributed by atoms with van der Waals surface area (Å²) < 4.78 is 27.3. The number of amides is 1. The van der Waals surface area contributed by atoms with Gasteiger partial charge in [0.25, 0.3) is 0 Å². The predicted octanol–water partition coefficient (Wildman–Crippen LogP) is 3.98. The molecule has 3 rings (SSSR count). The van der Waals surface area contributed by atoms with Crippen LogP contribution in [0.2, 0.25) is 0 Å². The van der Waals surface area contributed by atoms with Gasteiger partial charge in [-0.05, 0) is 35.7 Å². The number of alkyl halides is 1. The standard InChI is InChI=1S/C16H12ClF2NO/c17-12(8-11-13(18)2-1-3-14(11)19)9-4-5-15-10(6-9)7-16(21)20-15/h1-6,12H,7-8H2,(H,20,21). The number of fused-ring (bicyclic) bond motifs is 1. The maximum Gasteiger partial charge on any atom is 0.228 e. The summed E-state index contributed by atoms with van der Waals surface area (Å²) in [5.74, 6) is -1.26. The zero-order chi connectivity index (χ0) is 15.0. The summed E-state index contributed by atoms with van der Waals surface area (Å²) in [6.45, 7) is 0. The Morgan fingerprint density at radius 3 is 2.62 bits per heavy atom. The van der Waals surface area contributed by atoms with E-state index in [9.17, 15) is 13.6 Å². The summed E-state index contributed by atoms with van der Waals surface area (Å²) in [4.78, 5) is 11.3. The van der Waals surface area contributed by atoms with E-state index in [1.54, 1.807) is 12.1 Å². The lowest BCUT2D eigenvalue weighted by Gasteiger charge is -2.12. The Morgan fingerprint density at radius 1 is 1.19 bits per heavy atom. The minimum Gasteiger partial charge on any atom is -0.326 e. The summed E-state index contributed by atoms with van der Waals surface area (Å²) in [7, 11) is 0. The zero-order valence-corrected chi connectivity index (χ0v) is 11.8. The number of hydrogen-bond donors (Lipinski definition) is 1. The Kier molecular flexibility index (Phi) is 3.64. The molecule has 0 aliphatic carbocycles. The lowest BCUT2D eigenvalue weighted by Crippen LogP contribution is -2.03. The zero-order valence-electron chi connectivity index (χ0n) is 11.0. The highest BCUT2D eigenvalue weighted by molar-refractivity contribution is 6.21. The van der Waals surface area contributed by atoms with Crippen LogP contribution in [0.15, 0.2) is 36.4 Å². The van der Waals surface area contributed by atoms with Crippen molar-refractivity contribution < 1.29 is 13.6 Å². The fraction of sp³-hybridized carbons (Fsp3) is 0.188. The van der Waals surface area contributed by atoms with E-state index in [0.717, 1.165) is 16.8 Å². The first kappa shape index (κ1) is 14.0.